The highest BCUT2D eigenvalue weighted by Gasteiger charge is 2.50. The van der Waals surface area contributed by atoms with Gasteiger partial charge in [0.25, 0.3) is 0 Å². The average Bonchev–Trinajstić information content (AvgIpc) is 1.97. The first-order valence-corrected chi connectivity index (χ1v) is 2.90. The summed E-state index contributed by atoms with van der Waals surface area (Å²) in [4.78, 5) is 21.2. The number of cyclic esters (lactones) is 2. The van der Waals surface area contributed by atoms with Gasteiger partial charge in [0.15, 0.2) is 6.10 Å². The van der Waals surface area contributed by atoms with Gasteiger partial charge in [0.1, 0.15) is 0 Å². The lowest BCUT2D eigenvalue weighted by Gasteiger charge is -2.12. The quantitative estimate of drug-likeness (QED) is 0.366. The maximum absolute atomic E-state index is 10.7. The van der Waals surface area contributed by atoms with E-state index in [1.54, 1.807) is 0 Å². The standard InChI is InChI=1S/C6H8O4/c1-6(2)3(7)4(8)10-5(6)9/h3,7H,1-2H3. The van der Waals surface area contributed by atoms with E-state index in [9.17, 15) is 9.59 Å². The highest BCUT2D eigenvalue weighted by molar-refractivity contribution is 5.99. The van der Waals surface area contributed by atoms with Crippen molar-refractivity contribution in [3.8, 4) is 0 Å². The van der Waals surface area contributed by atoms with Crippen LogP contribution in [0, 0.1) is 5.41 Å². The zero-order valence-electron chi connectivity index (χ0n) is 5.75. The third-order valence-corrected chi connectivity index (χ3v) is 1.63. The number of aliphatic hydroxyl groups is 1. The van der Waals surface area contributed by atoms with Crippen LogP contribution in [-0.4, -0.2) is 23.1 Å². The van der Waals surface area contributed by atoms with E-state index in [4.69, 9.17) is 5.11 Å². The van der Waals surface area contributed by atoms with Crippen molar-refractivity contribution in [3.05, 3.63) is 0 Å². The molecule has 0 aromatic heterocycles. The average molecular weight is 144 g/mol. The summed E-state index contributed by atoms with van der Waals surface area (Å²) < 4.78 is 4.16. The fraction of sp³-hybridized carbons (Fsp3) is 0.667. The van der Waals surface area contributed by atoms with Crippen molar-refractivity contribution in [1.82, 2.24) is 0 Å². The third-order valence-electron chi connectivity index (χ3n) is 1.63. The topological polar surface area (TPSA) is 63.6 Å². The monoisotopic (exact) mass is 144 g/mol. The van der Waals surface area contributed by atoms with Crippen LogP contribution in [0.4, 0.5) is 0 Å². The molecule has 4 heteroatoms. The maximum Gasteiger partial charge on any atom is 0.343 e. The molecular weight excluding hydrogens is 136 g/mol. The van der Waals surface area contributed by atoms with Crippen LogP contribution in [-0.2, 0) is 14.3 Å². The molecule has 1 unspecified atom stereocenters. The second kappa shape index (κ2) is 1.79. The number of aliphatic hydroxyl groups excluding tert-OH is 1. The van der Waals surface area contributed by atoms with E-state index in [0.29, 0.717) is 0 Å². The highest BCUT2D eigenvalue weighted by Crippen LogP contribution is 2.29. The number of hydrogen-bond acceptors (Lipinski definition) is 4. The van der Waals surface area contributed by atoms with Gasteiger partial charge in [-0.1, -0.05) is 0 Å². The molecule has 0 aromatic rings. The second-order valence-electron chi connectivity index (χ2n) is 2.83. The summed E-state index contributed by atoms with van der Waals surface area (Å²) in [6.45, 7) is 2.93. The molecule has 0 radical (unpaired) electrons. The fourth-order valence-electron chi connectivity index (χ4n) is 0.685. The van der Waals surface area contributed by atoms with Crippen LogP contribution in [0.25, 0.3) is 0 Å². The van der Waals surface area contributed by atoms with Crippen LogP contribution in [0.2, 0.25) is 0 Å². The SMILES string of the molecule is CC1(C)C(=O)OC(=O)C1O. The maximum atomic E-state index is 10.7. The van der Waals surface area contributed by atoms with Gasteiger partial charge >= 0.3 is 11.9 Å². The number of carbonyl (C=O) groups is 2. The molecule has 56 valence electrons. The Hall–Kier alpha value is -0.900. The Kier molecular flexibility index (Phi) is 1.29. The Bertz CT molecular complexity index is 194. The van der Waals surface area contributed by atoms with Gasteiger partial charge in [-0.15, -0.1) is 0 Å². The van der Waals surface area contributed by atoms with E-state index in [0.717, 1.165) is 0 Å². The minimum absolute atomic E-state index is 0.662. The molecule has 1 saturated heterocycles. The summed E-state index contributed by atoms with van der Waals surface area (Å²) in [6, 6.07) is 0. The predicted octanol–water partition coefficient (Wildman–Crippen LogP) is -0.543. The van der Waals surface area contributed by atoms with Crippen molar-refractivity contribution in [2.75, 3.05) is 0 Å². The Morgan fingerprint density at radius 3 is 2.10 bits per heavy atom. The Morgan fingerprint density at radius 1 is 1.50 bits per heavy atom. The predicted molar refractivity (Wildman–Crippen MR) is 30.9 cm³/mol. The van der Waals surface area contributed by atoms with Crippen LogP contribution < -0.4 is 0 Å². The van der Waals surface area contributed by atoms with Crippen LogP contribution in [0.1, 0.15) is 13.8 Å². The smallest absolute Gasteiger partial charge is 0.343 e. The van der Waals surface area contributed by atoms with Gasteiger partial charge in [-0.2, -0.15) is 0 Å². The summed E-state index contributed by atoms with van der Waals surface area (Å²) in [5.74, 6) is -1.51. The molecule has 1 N–H and O–H groups in total. The number of esters is 2. The molecule has 1 aliphatic heterocycles. The Labute approximate surface area is 57.8 Å². The fourth-order valence-corrected chi connectivity index (χ4v) is 0.685. The number of hydrogen-bond donors (Lipinski definition) is 1. The molecule has 1 aliphatic rings. The minimum atomic E-state index is -1.31. The largest absolute Gasteiger partial charge is 0.391 e. The van der Waals surface area contributed by atoms with Crippen LogP contribution in [0.15, 0.2) is 0 Å². The van der Waals surface area contributed by atoms with Crippen LogP contribution >= 0.6 is 0 Å². The Morgan fingerprint density at radius 2 is 2.00 bits per heavy atom. The molecule has 0 aliphatic carbocycles. The van der Waals surface area contributed by atoms with Crippen molar-refractivity contribution >= 4 is 11.9 Å². The summed E-state index contributed by atoms with van der Waals surface area (Å²) >= 11 is 0. The molecule has 0 amide bonds. The van der Waals surface area contributed by atoms with Crippen molar-refractivity contribution in [2.45, 2.75) is 20.0 Å². The molecule has 1 heterocycles. The van der Waals surface area contributed by atoms with Gasteiger partial charge in [-0.25, -0.2) is 4.79 Å². The molecule has 0 saturated carbocycles. The summed E-state index contributed by atoms with van der Waals surface area (Å²) in [7, 11) is 0. The molecule has 1 atom stereocenters. The van der Waals surface area contributed by atoms with Gasteiger partial charge in [-0.3, -0.25) is 4.79 Å². The third kappa shape index (κ3) is 0.724. The van der Waals surface area contributed by atoms with Gasteiger partial charge in [0.2, 0.25) is 0 Å². The van der Waals surface area contributed by atoms with Crippen LogP contribution in [0.5, 0.6) is 0 Å². The summed E-state index contributed by atoms with van der Waals surface area (Å²) in [5, 5.41) is 9.00. The van der Waals surface area contributed by atoms with Crippen LogP contribution in [0.3, 0.4) is 0 Å². The van der Waals surface area contributed by atoms with Gasteiger partial charge in [0.05, 0.1) is 5.41 Å². The van der Waals surface area contributed by atoms with Gasteiger partial charge in [0, 0.05) is 0 Å². The first-order valence-electron chi connectivity index (χ1n) is 2.90. The van der Waals surface area contributed by atoms with Crippen molar-refractivity contribution in [1.29, 1.82) is 0 Å². The molecule has 1 fully saturated rings. The van der Waals surface area contributed by atoms with E-state index in [-0.39, 0.29) is 0 Å². The first kappa shape index (κ1) is 7.21. The van der Waals surface area contributed by atoms with Gasteiger partial charge < -0.3 is 9.84 Å². The summed E-state index contributed by atoms with van der Waals surface area (Å²) in [5.41, 5.74) is -1.07. The van der Waals surface area contributed by atoms with E-state index >= 15 is 0 Å². The molecule has 0 aromatic carbocycles. The zero-order valence-corrected chi connectivity index (χ0v) is 5.75. The first-order chi connectivity index (χ1) is 4.46. The van der Waals surface area contributed by atoms with E-state index in [2.05, 4.69) is 4.74 Å². The lowest BCUT2D eigenvalue weighted by atomic mass is 9.89. The second-order valence-corrected chi connectivity index (χ2v) is 2.83. The molecule has 0 bridgehead atoms. The molecule has 1 rings (SSSR count). The molecule has 4 nitrogen and oxygen atoms in total. The molecule has 0 spiro atoms. The molecular formula is C6H8O4. The number of ether oxygens (including phenoxy) is 1. The van der Waals surface area contributed by atoms with Crippen molar-refractivity contribution in [3.63, 3.8) is 0 Å². The van der Waals surface area contributed by atoms with Crippen molar-refractivity contribution in [2.24, 2.45) is 5.41 Å². The normalized spacial score (nSPS) is 30.5. The van der Waals surface area contributed by atoms with Gasteiger partial charge in [-0.05, 0) is 13.8 Å². The van der Waals surface area contributed by atoms with Crippen molar-refractivity contribution < 1.29 is 19.4 Å². The lowest BCUT2D eigenvalue weighted by molar-refractivity contribution is -0.155. The van der Waals surface area contributed by atoms with E-state index < -0.39 is 23.5 Å². The Balaban J connectivity index is 2.96. The van der Waals surface area contributed by atoms with E-state index in [1.165, 1.54) is 13.8 Å². The number of rotatable bonds is 0. The summed E-state index contributed by atoms with van der Waals surface area (Å²) in [6.07, 6.45) is -1.31. The highest BCUT2D eigenvalue weighted by atomic mass is 16.6. The lowest BCUT2D eigenvalue weighted by Crippen LogP contribution is -2.31. The zero-order chi connectivity index (χ0) is 7.94. The van der Waals surface area contributed by atoms with E-state index in [1.807, 2.05) is 0 Å². The molecule has 10 heavy (non-hydrogen) atoms. The number of carbonyl (C=O) groups excluding carboxylic acids is 2. The minimum Gasteiger partial charge on any atom is -0.391 e.